The number of nitrogen functional groups attached to an aromatic ring is 1. The van der Waals surface area contributed by atoms with Crippen molar-refractivity contribution in [3.05, 3.63) is 48.2 Å². The van der Waals surface area contributed by atoms with Gasteiger partial charge < -0.3 is 10.5 Å². The van der Waals surface area contributed by atoms with Crippen LogP contribution in [0.5, 0.6) is 0 Å². The third-order valence-electron chi connectivity index (χ3n) is 2.37. The quantitative estimate of drug-likeness (QED) is 0.799. The van der Waals surface area contributed by atoms with Crippen LogP contribution in [0.2, 0.25) is 0 Å². The predicted octanol–water partition coefficient (Wildman–Crippen LogP) is 2.12. The number of aromatic nitrogens is 1. The average molecular weight is 228 g/mol. The summed E-state index contributed by atoms with van der Waals surface area (Å²) in [6.07, 6.45) is 1.58. The molecule has 17 heavy (non-hydrogen) atoms. The Balaban J connectivity index is 2.39. The lowest BCUT2D eigenvalue weighted by atomic mass is 10.1. The molecule has 1 aromatic carbocycles. The third kappa shape index (κ3) is 2.42. The van der Waals surface area contributed by atoms with Gasteiger partial charge in [-0.05, 0) is 24.3 Å². The van der Waals surface area contributed by atoms with Crippen molar-refractivity contribution in [3.63, 3.8) is 0 Å². The minimum Gasteiger partial charge on any atom is -0.465 e. The maximum atomic E-state index is 11.4. The van der Waals surface area contributed by atoms with Gasteiger partial charge in [0.15, 0.2) is 0 Å². The van der Waals surface area contributed by atoms with Gasteiger partial charge in [-0.25, -0.2) is 4.79 Å². The van der Waals surface area contributed by atoms with Gasteiger partial charge in [-0.2, -0.15) is 0 Å². The van der Waals surface area contributed by atoms with Crippen molar-refractivity contribution in [1.82, 2.24) is 4.98 Å². The second-order valence-corrected chi connectivity index (χ2v) is 3.55. The molecule has 2 rings (SSSR count). The van der Waals surface area contributed by atoms with E-state index in [0.29, 0.717) is 11.3 Å². The van der Waals surface area contributed by atoms with E-state index in [0.717, 1.165) is 11.3 Å². The van der Waals surface area contributed by atoms with Crippen molar-refractivity contribution in [1.29, 1.82) is 0 Å². The van der Waals surface area contributed by atoms with Gasteiger partial charge >= 0.3 is 5.97 Å². The molecule has 2 N–H and O–H groups in total. The molecule has 0 aliphatic heterocycles. The first kappa shape index (κ1) is 11.1. The topological polar surface area (TPSA) is 65.2 Å². The largest absolute Gasteiger partial charge is 0.465 e. The first-order valence-corrected chi connectivity index (χ1v) is 5.11. The Bertz CT molecular complexity index is 535. The number of hydrogen-bond acceptors (Lipinski definition) is 4. The smallest absolute Gasteiger partial charge is 0.337 e. The maximum Gasteiger partial charge on any atom is 0.337 e. The van der Waals surface area contributed by atoms with Crippen LogP contribution in [0.25, 0.3) is 11.3 Å². The van der Waals surface area contributed by atoms with Gasteiger partial charge in [0.25, 0.3) is 0 Å². The minimum absolute atomic E-state index is 0.359. The molecule has 0 fully saturated rings. The van der Waals surface area contributed by atoms with Gasteiger partial charge in [0.1, 0.15) is 0 Å². The van der Waals surface area contributed by atoms with E-state index in [1.165, 1.54) is 7.11 Å². The normalized spacial score (nSPS) is 9.94. The number of methoxy groups -OCH3 is 1. The maximum absolute atomic E-state index is 11.4. The molecule has 2 aromatic rings. The molecule has 0 unspecified atom stereocenters. The van der Waals surface area contributed by atoms with Crippen LogP contribution in [-0.2, 0) is 4.74 Å². The van der Waals surface area contributed by atoms with Crippen molar-refractivity contribution in [2.45, 2.75) is 0 Å². The van der Waals surface area contributed by atoms with Crippen LogP contribution in [0.3, 0.4) is 0 Å². The number of nitrogens with two attached hydrogens (primary N) is 1. The summed E-state index contributed by atoms with van der Waals surface area (Å²) in [4.78, 5) is 15.6. The number of rotatable bonds is 2. The molecule has 86 valence electrons. The van der Waals surface area contributed by atoms with Crippen LogP contribution in [0, 0.1) is 0 Å². The number of benzene rings is 1. The average Bonchev–Trinajstić information content (AvgIpc) is 2.39. The lowest BCUT2D eigenvalue weighted by Crippen LogP contribution is -2.01. The van der Waals surface area contributed by atoms with Crippen LogP contribution < -0.4 is 5.73 Å². The van der Waals surface area contributed by atoms with E-state index < -0.39 is 0 Å². The van der Waals surface area contributed by atoms with E-state index in [1.54, 1.807) is 30.5 Å². The molecule has 0 saturated carbocycles. The molecule has 1 aromatic heterocycles. The van der Waals surface area contributed by atoms with E-state index in [1.807, 2.05) is 12.1 Å². The number of nitrogens with zero attached hydrogens (tertiary/aromatic N) is 1. The monoisotopic (exact) mass is 228 g/mol. The zero-order chi connectivity index (χ0) is 12.3. The summed E-state index contributed by atoms with van der Waals surface area (Å²) >= 11 is 0. The second kappa shape index (κ2) is 4.65. The Morgan fingerprint density at radius 3 is 2.76 bits per heavy atom. The molecule has 4 heteroatoms. The standard InChI is InChI=1S/C13H12N2O2/c1-17-13(16)10-4-2-3-9(7-10)12-6-5-11(14)8-15-12/h2-8H,14H2,1H3. The van der Waals surface area contributed by atoms with Crippen LogP contribution in [0.15, 0.2) is 42.6 Å². The Morgan fingerprint density at radius 2 is 2.12 bits per heavy atom. The Hall–Kier alpha value is -2.36. The van der Waals surface area contributed by atoms with Crippen molar-refractivity contribution < 1.29 is 9.53 Å². The molecular formula is C13H12N2O2. The molecule has 1 heterocycles. The number of carbonyl (C=O) groups is 1. The van der Waals surface area contributed by atoms with Gasteiger partial charge in [-0.3, -0.25) is 4.98 Å². The molecule has 0 saturated heterocycles. The first-order chi connectivity index (χ1) is 8.20. The van der Waals surface area contributed by atoms with Crippen LogP contribution in [-0.4, -0.2) is 18.1 Å². The fourth-order valence-corrected chi connectivity index (χ4v) is 1.50. The van der Waals surface area contributed by atoms with Gasteiger partial charge in [0.05, 0.1) is 30.3 Å². The summed E-state index contributed by atoms with van der Waals surface area (Å²) in [5.41, 5.74) is 8.30. The molecule has 0 bridgehead atoms. The highest BCUT2D eigenvalue weighted by Crippen LogP contribution is 2.19. The number of hydrogen-bond donors (Lipinski definition) is 1. The highest BCUT2D eigenvalue weighted by Gasteiger charge is 2.07. The van der Waals surface area contributed by atoms with Crippen molar-refractivity contribution in [2.24, 2.45) is 0 Å². The number of anilines is 1. The van der Waals surface area contributed by atoms with E-state index in [2.05, 4.69) is 9.72 Å². The SMILES string of the molecule is COC(=O)c1cccc(-c2ccc(N)cn2)c1. The van der Waals surface area contributed by atoms with Gasteiger partial charge in [-0.15, -0.1) is 0 Å². The summed E-state index contributed by atoms with van der Waals surface area (Å²) in [5, 5.41) is 0. The molecule has 0 spiro atoms. The molecular weight excluding hydrogens is 216 g/mol. The van der Waals surface area contributed by atoms with Gasteiger partial charge in [0, 0.05) is 5.56 Å². The summed E-state index contributed by atoms with van der Waals surface area (Å²) in [6.45, 7) is 0. The molecule has 4 nitrogen and oxygen atoms in total. The Morgan fingerprint density at radius 1 is 1.29 bits per heavy atom. The summed E-state index contributed by atoms with van der Waals surface area (Å²) in [5.74, 6) is -0.359. The second-order valence-electron chi connectivity index (χ2n) is 3.55. The van der Waals surface area contributed by atoms with Crippen LogP contribution in [0.1, 0.15) is 10.4 Å². The number of esters is 1. The van der Waals surface area contributed by atoms with E-state index in [9.17, 15) is 4.79 Å². The molecule has 0 aliphatic rings. The molecule has 0 atom stereocenters. The number of ether oxygens (including phenoxy) is 1. The highest BCUT2D eigenvalue weighted by molar-refractivity contribution is 5.90. The van der Waals surface area contributed by atoms with E-state index in [4.69, 9.17) is 5.73 Å². The van der Waals surface area contributed by atoms with Crippen molar-refractivity contribution in [2.75, 3.05) is 12.8 Å². The molecule has 0 amide bonds. The van der Waals surface area contributed by atoms with Crippen LogP contribution >= 0.6 is 0 Å². The summed E-state index contributed by atoms with van der Waals surface area (Å²) in [7, 11) is 1.36. The minimum atomic E-state index is -0.359. The lowest BCUT2D eigenvalue weighted by molar-refractivity contribution is 0.0601. The number of carbonyl (C=O) groups excluding carboxylic acids is 1. The fourth-order valence-electron chi connectivity index (χ4n) is 1.50. The third-order valence-corrected chi connectivity index (χ3v) is 2.37. The zero-order valence-electron chi connectivity index (χ0n) is 9.38. The molecule has 0 aliphatic carbocycles. The Kier molecular flexibility index (Phi) is 3.05. The summed E-state index contributed by atoms with van der Waals surface area (Å²) in [6, 6.07) is 10.7. The number of pyridine rings is 1. The Labute approximate surface area is 99.1 Å². The van der Waals surface area contributed by atoms with E-state index in [-0.39, 0.29) is 5.97 Å². The zero-order valence-corrected chi connectivity index (χ0v) is 9.38. The highest BCUT2D eigenvalue weighted by atomic mass is 16.5. The van der Waals surface area contributed by atoms with Gasteiger partial charge in [0.2, 0.25) is 0 Å². The van der Waals surface area contributed by atoms with Gasteiger partial charge in [-0.1, -0.05) is 12.1 Å². The van der Waals surface area contributed by atoms with Crippen molar-refractivity contribution >= 4 is 11.7 Å². The van der Waals surface area contributed by atoms with Crippen molar-refractivity contribution in [3.8, 4) is 11.3 Å². The first-order valence-electron chi connectivity index (χ1n) is 5.11. The van der Waals surface area contributed by atoms with E-state index >= 15 is 0 Å². The lowest BCUT2D eigenvalue weighted by Gasteiger charge is -2.03. The summed E-state index contributed by atoms with van der Waals surface area (Å²) < 4.78 is 4.67. The van der Waals surface area contributed by atoms with Crippen LogP contribution in [0.4, 0.5) is 5.69 Å². The molecule has 0 radical (unpaired) electrons. The fraction of sp³-hybridized carbons (Fsp3) is 0.0769. The predicted molar refractivity (Wildman–Crippen MR) is 65.4 cm³/mol.